The third-order valence-corrected chi connectivity index (χ3v) is 5.06. The number of nitrogens with one attached hydrogen (secondary N) is 2. The SMILES string of the molecule is Cc1ccc(C(CC(=O)NCC(=O)Nc2ccccc2)C2CC2)cc1C. The minimum atomic E-state index is -0.210. The van der Waals surface area contributed by atoms with Gasteiger partial charge in [-0.2, -0.15) is 0 Å². The molecule has 4 nitrogen and oxygen atoms in total. The summed E-state index contributed by atoms with van der Waals surface area (Å²) in [6.07, 6.45) is 2.80. The molecule has 1 fully saturated rings. The molecule has 1 aliphatic rings. The molecule has 0 radical (unpaired) electrons. The number of anilines is 1. The molecule has 1 unspecified atom stereocenters. The molecule has 0 aromatic heterocycles. The van der Waals surface area contributed by atoms with E-state index >= 15 is 0 Å². The van der Waals surface area contributed by atoms with Gasteiger partial charge in [-0.15, -0.1) is 0 Å². The highest BCUT2D eigenvalue weighted by Crippen LogP contribution is 2.44. The van der Waals surface area contributed by atoms with Crippen LogP contribution in [0.2, 0.25) is 0 Å². The minimum absolute atomic E-state index is 0.00194. The molecule has 0 spiro atoms. The first kappa shape index (κ1) is 18.2. The summed E-state index contributed by atoms with van der Waals surface area (Å²) < 4.78 is 0. The highest BCUT2D eigenvalue weighted by atomic mass is 16.2. The van der Waals surface area contributed by atoms with Gasteiger partial charge in [0.2, 0.25) is 11.8 Å². The third kappa shape index (κ3) is 4.94. The summed E-state index contributed by atoms with van der Waals surface area (Å²) in [4.78, 5) is 24.4. The van der Waals surface area contributed by atoms with E-state index in [9.17, 15) is 9.59 Å². The highest BCUT2D eigenvalue weighted by molar-refractivity contribution is 5.94. The number of hydrogen-bond acceptors (Lipinski definition) is 2. The molecule has 26 heavy (non-hydrogen) atoms. The van der Waals surface area contributed by atoms with Gasteiger partial charge in [0.05, 0.1) is 6.54 Å². The van der Waals surface area contributed by atoms with Crippen LogP contribution in [-0.2, 0) is 9.59 Å². The molecule has 2 amide bonds. The van der Waals surface area contributed by atoms with Gasteiger partial charge in [0.1, 0.15) is 0 Å². The van der Waals surface area contributed by atoms with Crippen LogP contribution in [0.3, 0.4) is 0 Å². The molecular formula is C22H26N2O2. The average Bonchev–Trinajstić information content (AvgIpc) is 3.46. The van der Waals surface area contributed by atoms with Gasteiger partial charge in [-0.1, -0.05) is 36.4 Å². The molecule has 0 bridgehead atoms. The Morgan fingerprint density at radius 2 is 1.73 bits per heavy atom. The summed E-state index contributed by atoms with van der Waals surface area (Å²) in [7, 11) is 0. The van der Waals surface area contributed by atoms with Gasteiger partial charge >= 0.3 is 0 Å². The quantitative estimate of drug-likeness (QED) is 0.794. The fourth-order valence-electron chi connectivity index (χ4n) is 3.23. The molecule has 0 heterocycles. The van der Waals surface area contributed by atoms with Crippen molar-refractivity contribution < 1.29 is 9.59 Å². The molecule has 136 valence electrons. The van der Waals surface area contributed by atoms with Crippen LogP contribution in [0.1, 0.15) is 41.9 Å². The van der Waals surface area contributed by atoms with E-state index in [-0.39, 0.29) is 24.3 Å². The van der Waals surface area contributed by atoms with Crippen LogP contribution in [0.5, 0.6) is 0 Å². The maximum absolute atomic E-state index is 12.4. The van der Waals surface area contributed by atoms with Crippen LogP contribution in [-0.4, -0.2) is 18.4 Å². The standard InChI is InChI=1S/C22H26N2O2/c1-15-8-9-18(12-16(15)2)20(17-10-11-17)13-21(25)23-14-22(26)24-19-6-4-3-5-7-19/h3-9,12,17,20H,10-11,13-14H2,1-2H3,(H,23,25)(H,24,26). The van der Waals surface area contributed by atoms with Gasteiger partial charge in [0.15, 0.2) is 0 Å². The zero-order valence-electron chi connectivity index (χ0n) is 15.4. The van der Waals surface area contributed by atoms with E-state index in [1.807, 2.05) is 30.3 Å². The van der Waals surface area contributed by atoms with E-state index in [4.69, 9.17) is 0 Å². The summed E-state index contributed by atoms with van der Waals surface area (Å²) in [5, 5.41) is 5.54. The minimum Gasteiger partial charge on any atom is -0.347 e. The van der Waals surface area contributed by atoms with Crippen molar-refractivity contribution >= 4 is 17.5 Å². The second-order valence-electron chi connectivity index (χ2n) is 7.18. The topological polar surface area (TPSA) is 58.2 Å². The van der Waals surface area contributed by atoms with Crippen LogP contribution >= 0.6 is 0 Å². The van der Waals surface area contributed by atoms with Crippen molar-refractivity contribution in [1.29, 1.82) is 0 Å². The van der Waals surface area contributed by atoms with Gasteiger partial charge in [0.25, 0.3) is 0 Å². The fraction of sp³-hybridized carbons (Fsp3) is 0.364. The lowest BCUT2D eigenvalue weighted by Crippen LogP contribution is -2.33. The maximum atomic E-state index is 12.4. The van der Waals surface area contributed by atoms with E-state index in [1.54, 1.807) is 0 Å². The summed E-state index contributed by atoms with van der Waals surface area (Å²) in [6.45, 7) is 4.21. The van der Waals surface area contributed by atoms with Crippen LogP contribution in [0.15, 0.2) is 48.5 Å². The van der Waals surface area contributed by atoms with Crippen molar-refractivity contribution in [2.24, 2.45) is 5.92 Å². The molecule has 0 aliphatic heterocycles. The van der Waals surface area contributed by atoms with Gasteiger partial charge < -0.3 is 10.6 Å². The lowest BCUT2D eigenvalue weighted by atomic mass is 9.89. The van der Waals surface area contributed by atoms with Gasteiger partial charge in [-0.25, -0.2) is 0 Å². The molecule has 1 atom stereocenters. The van der Waals surface area contributed by atoms with Gasteiger partial charge in [-0.3, -0.25) is 9.59 Å². The van der Waals surface area contributed by atoms with Crippen LogP contribution in [0, 0.1) is 19.8 Å². The Morgan fingerprint density at radius 3 is 2.38 bits per heavy atom. The van der Waals surface area contributed by atoms with E-state index in [0.29, 0.717) is 12.3 Å². The molecule has 2 N–H and O–H groups in total. The Morgan fingerprint density at radius 1 is 1.00 bits per heavy atom. The monoisotopic (exact) mass is 350 g/mol. The highest BCUT2D eigenvalue weighted by Gasteiger charge is 2.33. The first-order valence-corrected chi connectivity index (χ1v) is 9.21. The predicted molar refractivity (Wildman–Crippen MR) is 104 cm³/mol. The average molecular weight is 350 g/mol. The number of para-hydroxylation sites is 1. The third-order valence-electron chi connectivity index (χ3n) is 5.06. The zero-order chi connectivity index (χ0) is 18.5. The summed E-state index contributed by atoms with van der Waals surface area (Å²) in [5.41, 5.74) is 4.50. The van der Waals surface area contributed by atoms with Crippen LogP contribution in [0.25, 0.3) is 0 Å². The number of hydrogen-bond donors (Lipinski definition) is 2. The first-order chi connectivity index (χ1) is 12.5. The smallest absolute Gasteiger partial charge is 0.243 e. The first-order valence-electron chi connectivity index (χ1n) is 9.21. The molecule has 4 heteroatoms. The fourth-order valence-corrected chi connectivity index (χ4v) is 3.23. The van der Waals surface area contributed by atoms with Gasteiger partial charge in [-0.05, 0) is 67.3 Å². The Bertz CT molecular complexity index is 782. The number of rotatable bonds is 7. The summed E-state index contributed by atoms with van der Waals surface area (Å²) in [6, 6.07) is 15.7. The summed E-state index contributed by atoms with van der Waals surface area (Å²) >= 11 is 0. The number of carbonyl (C=O) groups is 2. The lowest BCUT2D eigenvalue weighted by Gasteiger charge is -2.18. The van der Waals surface area contributed by atoms with Crippen molar-refractivity contribution in [2.75, 3.05) is 11.9 Å². The Hall–Kier alpha value is -2.62. The van der Waals surface area contributed by atoms with E-state index in [2.05, 4.69) is 42.7 Å². The van der Waals surface area contributed by atoms with Crippen molar-refractivity contribution in [3.05, 3.63) is 65.2 Å². The predicted octanol–water partition coefficient (Wildman–Crippen LogP) is 3.94. The zero-order valence-corrected chi connectivity index (χ0v) is 15.4. The van der Waals surface area contributed by atoms with Gasteiger partial charge in [0, 0.05) is 12.1 Å². The van der Waals surface area contributed by atoms with Crippen molar-refractivity contribution in [3.8, 4) is 0 Å². The lowest BCUT2D eigenvalue weighted by molar-refractivity contribution is -0.124. The largest absolute Gasteiger partial charge is 0.347 e. The molecular weight excluding hydrogens is 324 g/mol. The summed E-state index contributed by atoms with van der Waals surface area (Å²) in [5.74, 6) is 0.550. The van der Waals surface area contributed by atoms with Crippen LogP contribution in [0.4, 0.5) is 5.69 Å². The Labute approximate surface area is 155 Å². The van der Waals surface area contributed by atoms with Crippen LogP contribution < -0.4 is 10.6 Å². The maximum Gasteiger partial charge on any atom is 0.243 e. The molecule has 1 saturated carbocycles. The Kier molecular flexibility index (Phi) is 5.71. The van der Waals surface area contributed by atoms with E-state index in [1.165, 1.54) is 29.5 Å². The second-order valence-corrected chi connectivity index (χ2v) is 7.18. The Balaban J connectivity index is 1.53. The molecule has 2 aromatic rings. The normalized spacial score (nSPS) is 14.5. The van der Waals surface area contributed by atoms with Crippen molar-refractivity contribution in [2.45, 2.75) is 39.0 Å². The van der Waals surface area contributed by atoms with E-state index < -0.39 is 0 Å². The second kappa shape index (κ2) is 8.17. The number of benzene rings is 2. The molecule has 0 saturated heterocycles. The van der Waals surface area contributed by atoms with E-state index in [0.717, 1.165) is 5.69 Å². The number of carbonyl (C=O) groups excluding carboxylic acids is 2. The molecule has 2 aromatic carbocycles. The number of aryl methyl sites for hydroxylation is 2. The molecule has 1 aliphatic carbocycles. The van der Waals surface area contributed by atoms with Crippen molar-refractivity contribution in [3.63, 3.8) is 0 Å². The molecule has 3 rings (SSSR count). The number of amides is 2. The van der Waals surface area contributed by atoms with Crippen molar-refractivity contribution in [1.82, 2.24) is 5.32 Å².